The van der Waals surface area contributed by atoms with Gasteiger partial charge in [0.15, 0.2) is 0 Å². The van der Waals surface area contributed by atoms with Gasteiger partial charge >= 0.3 is 0 Å². The Bertz CT molecular complexity index is 300. The van der Waals surface area contributed by atoms with E-state index in [2.05, 4.69) is 36.5 Å². The van der Waals surface area contributed by atoms with E-state index in [-0.39, 0.29) is 0 Å². The van der Waals surface area contributed by atoms with Crippen LogP contribution in [0.15, 0.2) is 35.2 Å². The van der Waals surface area contributed by atoms with Gasteiger partial charge in [-0.25, -0.2) is 0 Å². The third-order valence-corrected chi connectivity index (χ3v) is 3.60. The molecule has 96 valence electrons. The molecular formula is C14H23NOS. The number of thioether (sulfide) groups is 1. The van der Waals surface area contributed by atoms with E-state index in [1.165, 1.54) is 4.90 Å². The smallest absolute Gasteiger partial charge is 0.0743 e. The Balaban J connectivity index is 2.09. The first-order chi connectivity index (χ1) is 8.14. The van der Waals surface area contributed by atoms with Crippen molar-refractivity contribution in [1.29, 1.82) is 0 Å². The fourth-order valence-corrected chi connectivity index (χ4v) is 2.57. The van der Waals surface area contributed by atoms with Gasteiger partial charge in [-0.3, -0.25) is 0 Å². The largest absolute Gasteiger partial charge is 0.389 e. The quantitative estimate of drug-likeness (QED) is 0.552. The van der Waals surface area contributed by atoms with Gasteiger partial charge in [-0.15, -0.1) is 11.8 Å². The lowest BCUT2D eigenvalue weighted by molar-refractivity contribution is 0.0507. The molecule has 1 aromatic carbocycles. The van der Waals surface area contributed by atoms with Gasteiger partial charge in [0, 0.05) is 23.7 Å². The van der Waals surface area contributed by atoms with Crippen molar-refractivity contribution in [2.75, 3.05) is 18.8 Å². The molecular weight excluding hydrogens is 230 g/mol. The Morgan fingerprint density at radius 1 is 1.29 bits per heavy atom. The van der Waals surface area contributed by atoms with E-state index in [0.717, 1.165) is 25.1 Å². The van der Waals surface area contributed by atoms with Gasteiger partial charge in [0.1, 0.15) is 0 Å². The van der Waals surface area contributed by atoms with Crippen LogP contribution in [0.5, 0.6) is 0 Å². The molecule has 2 N–H and O–H groups in total. The maximum atomic E-state index is 9.96. The van der Waals surface area contributed by atoms with E-state index in [0.29, 0.717) is 6.54 Å². The molecule has 0 heterocycles. The molecule has 1 unspecified atom stereocenters. The van der Waals surface area contributed by atoms with E-state index in [1.807, 2.05) is 24.8 Å². The monoisotopic (exact) mass is 253 g/mol. The lowest BCUT2D eigenvalue weighted by Crippen LogP contribution is -2.38. The van der Waals surface area contributed by atoms with Gasteiger partial charge in [0.2, 0.25) is 0 Å². The SMILES string of the molecule is CCCC(C)(O)CNCCSc1ccccc1. The van der Waals surface area contributed by atoms with Crippen molar-refractivity contribution >= 4 is 11.8 Å². The highest BCUT2D eigenvalue weighted by molar-refractivity contribution is 7.99. The molecule has 0 aliphatic rings. The number of rotatable bonds is 8. The fourth-order valence-electron chi connectivity index (χ4n) is 1.74. The fraction of sp³-hybridized carbons (Fsp3) is 0.571. The minimum Gasteiger partial charge on any atom is -0.389 e. The summed E-state index contributed by atoms with van der Waals surface area (Å²) in [5.74, 6) is 1.03. The van der Waals surface area contributed by atoms with Crippen molar-refractivity contribution in [1.82, 2.24) is 5.32 Å². The summed E-state index contributed by atoms with van der Waals surface area (Å²) in [7, 11) is 0. The third kappa shape index (κ3) is 6.71. The molecule has 0 aliphatic heterocycles. The zero-order valence-electron chi connectivity index (χ0n) is 10.8. The number of hydrogen-bond donors (Lipinski definition) is 2. The molecule has 0 bridgehead atoms. The number of nitrogens with one attached hydrogen (secondary N) is 1. The van der Waals surface area contributed by atoms with Crippen molar-refractivity contribution in [3.05, 3.63) is 30.3 Å². The molecule has 0 aliphatic carbocycles. The second-order valence-electron chi connectivity index (χ2n) is 4.59. The molecule has 0 spiro atoms. The Kier molecular flexibility index (Phi) is 6.63. The molecule has 1 atom stereocenters. The summed E-state index contributed by atoms with van der Waals surface area (Å²) < 4.78 is 0. The molecule has 17 heavy (non-hydrogen) atoms. The molecule has 0 radical (unpaired) electrons. The van der Waals surface area contributed by atoms with Gasteiger partial charge in [0.25, 0.3) is 0 Å². The van der Waals surface area contributed by atoms with Crippen molar-refractivity contribution < 1.29 is 5.11 Å². The summed E-state index contributed by atoms with van der Waals surface area (Å²) in [5.41, 5.74) is -0.563. The minimum absolute atomic E-state index is 0.563. The van der Waals surface area contributed by atoms with Crippen LogP contribution in [0.25, 0.3) is 0 Å². The number of hydrogen-bond acceptors (Lipinski definition) is 3. The minimum atomic E-state index is -0.563. The van der Waals surface area contributed by atoms with Gasteiger partial charge in [-0.1, -0.05) is 31.5 Å². The Labute approximate surface area is 109 Å². The zero-order chi connectivity index (χ0) is 12.6. The van der Waals surface area contributed by atoms with Crippen molar-refractivity contribution in [3.63, 3.8) is 0 Å². The van der Waals surface area contributed by atoms with Crippen LogP contribution in [0.3, 0.4) is 0 Å². The highest BCUT2D eigenvalue weighted by Crippen LogP contribution is 2.16. The summed E-state index contributed by atoms with van der Waals surface area (Å²) in [6.07, 6.45) is 1.87. The van der Waals surface area contributed by atoms with Crippen LogP contribution in [0.1, 0.15) is 26.7 Å². The lowest BCUT2D eigenvalue weighted by atomic mass is 10.0. The predicted molar refractivity (Wildman–Crippen MR) is 75.6 cm³/mol. The standard InChI is InChI=1S/C14H23NOS/c1-3-9-14(2,16)12-15-10-11-17-13-7-5-4-6-8-13/h4-8,15-16H,3,9-12H2,1-2H3. The topological polar surface area (TPSA) is 32.3 Å². The highest BCUT2D eigenvalue weighted by atomic mass is 32.2. The lowest BCUT2D eigenvalue weighted by Gasteiger charge is -2.22. The first-order valence-electron chi connectivity index (χ1n) is 6.25. The van der Waals surface area contributed by atoms with Crippen LogP contribution in [0, 0.1) is 0 Å². The molecule has 3 heteroatoms. The molecule has 1 rings (SSSR count). The summed E-state index contributed by atoms with van der Waals surface area (Å²) >= 11 is 1.84. The van der Waals surface area contributed by atoms with Crippen LogP contribution in [-0.4, -0.2) is 29.5 Å². The second-order valence-corrected chi connectivity index (χ2v) is 5.75. The van der Waals surface area contributed by atoms with Crippen molar-refractivity contribution in [2.45, 2.75) is 37.2 Å². The number of aliphatic hydroxyl groups is 1. The van der Waals surface area contributed by atoms with E-state index in [1.54, 1.807) is 0 Å². The average Bonchev–Trinajstić information content (AvgIpc) is 2.30. The molecule has 0 amide bonds. The Hall–Kier alpha value is -0.510. The number of benzene rings is 1. The molecule has 2 nitrogen and oxygen atoms in total. The van der Waals surface area contributed by atoms with E-state index < -0.39 is 5.60 Å². The normalized spacial score (nSPS) is 14.5. The van der Waals surface area contributed by atoms with Gasteiger partial charge in [-0.05, 0) is 25.5 Å². The van der Waals surface area contributed by atoms with Crippen LogP contribution in [-0.2, 0) is 0 Å². The third-order valence-electron chi connectivity index (χ3n) is 2.59. The van der Waals surface area contributed by atoms with Crippen LogP contribution in [0.4, 0.5) is 0 Å². The molecule has 1 aromatic rings. The maximum Gasteiger partial charge on any atom is 0.0743 e. The van der Waals surface area contributed by atoms with Crippen molar-refractivity contribution in [3.8, 4) is 0 Å². The highest BCUT2D eigenvalue weighted by Gasteiger charge is 2.17. The van der Waals surface area contributed by atoms with E-state index >= 15 is 0 Å². The van der Waals surface area contributed by atoms with E-state index in [9.17, 15) is 5.11 Å². The van der Waals surface area contributed by atoms with Crippen LogP contribution in [0.2, 0.25) is 0 Å². The Morgan fingerprint density at radius 2 is 2.00 bits per heavy atom. The molecule has 0 saturated heterocycles. The van der Waals surface area contributed by atoms with Crippen molar-refractivity contribution in [2.24, 2.45) is 0 Å². The summed E-state index contributed by atoms with van der Waals surface area (Å²) in [4.78, 5) is 1.30. The van der Waals surface area contributed by atoms with E-state index in [4.69, 9.17) is 0 Å². The van der Waals surface area contributed by atoms with Crippen LogP contribution >= 0.6 is 11.8 Å². The van der Waals surface area contributed by atoms with Gasteiger partial charge < -0.3 is 10.4 Å². The first-order valence-corrected chi connectivity index (χ1v) is 7.23. The van der Waals surface area contributed by atoms with Crippen LogP contribution < -0.4 is 5.32 Å². The second kappa shape index (κ2) is 7.75. The summed E-state index contributed by atoms with van der Waals surface area (Å²) in [5, 5.41) is 13.3. The summed E-state index contributed by atoms with van der Waals surface area (Å²) in [6.45, 7) is 5.60. The van der Waals surface area contributed by atoms with Gasteiger partial charge in [-0.2, -0.15) is 0 Å². The van der Waals surface area contributed by atoms with Gasteiger partial charge in [0.05, 0.1) is 5.60 Å². The maximum absolute atomic E-state index is 9.96. The Morgan fingerprint density at radius 3 is 2.65 bits per heavy atom. The average molecular weight is 253 g/mol. The predicted octanol–water partition coefficient (Wildman–Crippen LogP) is 2.92. The molecule has 0 aromatic heterocycles. The zero-order valence-corrected chi connectivity index (χ0v) is 11.6. The summed E-state index contributed by atoms with van der Waals surface area (Å²) in [6, 6.07) is 10.4. The molecule has 0 saturated carbocycles. The molecule has 0 fully saturated rings. The first kappa shape index (κ1) is 14.6.